The van der Waals surface area contributed by atoms with E-state index >= 15 is 0 Å². The number of amides is 1. The van der Waals surface area contributed by atoms with Crippen molar-refractivity contribution in [1.29, 1.82) is 5.26 Å². The molecule has 0 radical (unpaired) electrons. The monoisotopic (exact) mass is 236 g/mol. The number of halogens is 3. The molecule has 16 heavy (non-hydrogen) atoms. The first-order valence-corrected chi connectivity index (χ1v) is 5.01. The first-order valence-electron chi connectivity index (χ1n) is 5.01. The highest BCUT2D eigenvalue weighted by Crippen LogP contribution is 2.22. The van der Waals surface area contributed by atoms with Crippen LogP contribution in [0, 0.1) is 11.3 Å². The van der Waals surface area contributed by atoms with E-state index in [1.807, 2.05) is 6.07 Å². The van der Waals surface area contributed by atoms with Crippen molar-refractivity contribution in [2.75, 3.05) is 6.54 Å². The number of nitrogens with zero attached hydrogens (tertiary/aromatic N) is 2. The zero-order chi connectivity index (χ0) is 12.8. The van der Waals surface area contributed by atoms with Gasteiger partial charge in [0.25, 0.3) is 0 Å². The molecule has 1 amide bonds. The Bertz CT molecular complexity index is 268. The first-order chi connectivity index (χ1) is 7.28. The molecule has 0 unspecified atom stereocenters. The fourth-order valence-electron chi connectivity index (χ4n) is 1.23. The second kappa shape index (κ2) is 6.36. The maximum Gasteiger partial charge on any atom is 0.389 e. The van der Waals surface area contributed by atoms with Crippen molar-refractivity contribution in [2.45, 2.75) is 45.3 Å². The summed E-state index contributed by atoms with van der Waals surface area (Å²) in [5.41, 5.74) is 0. The molecule has 3 nitrogen and oxygen atoms in total. The summed E-state index contributed by atoms with van der Waals surface area (Å²) >= 11 is 0. The summed E-state index contributed by atoms with van der Waals surface area (Å²) in [6.07, 6.45) is -5.84. The van der Waals surface area contributed by atoms with Gasteiger partial charge in [-0.25, -0.2) is 0 Å². The van der Waals surface area contributed by atoms with Crippen LogP contribution in [0.4, 0.5) is 13.2 Å². The van der Waals surface area contributed by atoms with Crippen LogP contribution < -0.4 is 0 Å². The number of rotatable bonds is 5. The van der Waals surface area contributed by atoms with E-state index < -0.39 is 24.9 Å². The molecular formula is C10H15F3N2O. The smallest absolute Gasteiger partial charge is 0.339 e. The molecule has 0 spiro atoms. The van der Waals surface area contributed by atoms with Crippen molar-refractivity contribution in [3.8, 4) is 6.07 Å². The molecule has 0 fully saturated rings. The second-order valence-electron chi connectivity index (χ2n) is 3.70. The van der Waals surface area contributed by atoms with Gasteiger partial charge in [0, 0.05) is 19.0 Å². The second-order valence-corrected chi connectivity index (χ2v) is 3.70. The normalized spacial score (nSPS) is 11.3. The molecule has 0 atom stereocenters. The van der Waals surface area contributed by atoms with Crippen LogP contribution in [0.25, 0.3) is 0 Å². The number of nitriles is 1. The van der Waals surface area contributed by atoms with Gasteiger partial charge in [-0.3, -0.25) is 4.79 Å². The summed E-state index contributed by atoms with van der Waals surface area (Å²) in [7, 11) is 0. The zero-order valence-electron chi connectivity index (χ0n) is 9.34. The number of alkyl halides is 3. The quantitative estimate of drug-likeness (QED) is 0.736. The summed E-state index contributed by atoms with van der Waals surface area (Å²) in [4.78, 5) is 12.8. The highest BCUT2D eigenvalue weighted by atomic mass is 19.4. The highest BCUT2D eigenvalue weighted by molar-refractivity contribution is 5.76. The Balaban J connectivity index is 4.24. The van der Waals surface area contributed by atoms with Crippen molar-refractivity contribution in [3.63, 3.8) is 0 Å². The molecule has 0 heterocycles. The summed E-state index contributed by atoms with van der Waals surface area (Å²) in [5, 5.41) is 8.37. The third-order valence-corrected chi connectivity index (χ3v) is 2.03. The third-order valence-electron chi connectivity index (χ3n) is 2.03. The van der Waals surface area contributed by atoms with Gasteiger partial charge in [0.1, 0.15) is 0 Å². The van der Waals surface area contributed by atoms with E-state index in [2.05, 4.69) is 0 Å². The minimum atomic E-state index is -4.31. The van der Waals surface area contributed by atoms with E-state index in [4.69, 9.17) is 5.26 Å². The summed E-state index contributed by atoms with van der Waals surface area (Å²) in [6.45, 7) is 3.61. The minimum absolute atomic E-state index is 0.135. The third kappa shape index (κ3) is 6.27. The molecule has 0 aromatic carbocycles. The molecular weight excluding hydrogens is 221 g/mol. The van der Waals surface area contributed by atoms with Crippen molar-refractivity contribution >= 4 is 5.91 Å². The Kier molecular flexibility index (Phi) is 5.86. The van der Waals surface area contributed by atoms with Crippen LogP contribution in [0.2, 0.25) is 0 Å². The minimum Gasteiger partial charge on any atom is -0.339 e. The number of hydrogen-bond donors (Lipinski definition) is 0. The van der Waals surface area contributed by atoms with Gasteiger partial charge in [-0.2, -0.15) is 18.4 Å². The largest absolute Gasteiger partial charge is 0.389 e. The van der Waals surface area contributed by atoms with E-state index in [0.29, 0.717) is 0 Å². The average Bonchev–Trinajstić information content (AvgIpc) is 2.13. The molecule has 0 aliphatic heterocycles. The van der Waals surface area contributed by atoms with Gasteiger partial charge in [-0.05, 0) is 13.8 Å². The van der Waals surface area contributed by atoms with Crippen LogP contribution in [0.15, 0.2) is 0 Å². The Labute approximate surface area is 92.8 Å². The molecule has 0 rings (SSSR count). The highest BCUT2D eigenvalue weighted by Gasteiger charge is 2.29. The van der Waals surface area contributed by atoms with Gasteiger partial charge in [0.15, 0.2) is 0 Å². The molecule has 0 saturated heterocycles. The van der Waals surface area contributed by atoms with Crippen molar-refractivity contribution in [1.82, 2.24) is 4.90 Å². The molecule has 0 aromatic rings. The molecule has 0 aliphatic rings. The van der Waals surface area contributed by atoms with Crippen LogP contribution in [-0.4, -0.2) is 29.6 Å². The van der Waals surface area contributed by atoms with Crippen LogP contribution in [0.1, 0.15) is 33.1 Å². The van der Waals surface area contributed by atoms with Gasteiger partial charge < -0.3 is 4.90 Å². The van der Waals surface area contributed by atoms with E-state index in [-0.39, 0.29) is 19.0 Å². The molecule has 0 N–H and O–H groups in total. The fraction of sp³-hybridized carbons (Fsp3) is 0.800. The van der Waals surface area contributed by atoms with Gasteiger partial charge in [0.2, 0.25) is 5.91 Å². The Morgan fingerprint density at radius 1 is 1.44 bits per heavy atom. The zero-order valence-corrected chi connectivity index (χ0v) is 9.34. The molecule has 92 valence electrons. The van der Waals surface area contributed by atoms with Crippen molar-refractivity contribution in [3.05, 3.63) is 0 Å². The molecule has 6 heteroatoms. The van der Waals surface area contributed by atoms with Gasteiger partial charge >= 0.3 is 6.18 Å². The Morgan fingerprint density at radius 2 is 2.00 bits per heavy atom. The molecule has 0 aliphatic carbocycles. The van der Waals surface area contributed by atoms with Crippen LogP contribution in [0.5, 0.6) is 0 Å². The maximum absolute atomic E-state index is 11.9. The van der Waals surface area contributed by atoms with Crippen LogP contribution in [0.3, 0.4) is 0 Å². The molecule has 0 aromatic heterocycles. The topological polar surface area (TPSA) is 44.1 Å². The lowest BCUT2D eigenvalue weighted by molar-refractivity contribution is -0.150. The van der Waals surface area contributed by atoms with E-state index in [1.54, 1.807) is 13.8 Å². The van der Waals surface area contributed by atoms with E-state index in [0.717, 1.165) is 0 Å². The number of carbonyl (C=O) groups is 1. The Morgan fingerprint density at radius 3 is 2.38 bits per heavy atom. The average molecular weight is 236 g/mol. The summed E-state index contributed by atoms with van der Waals surface area (Å²) in [6, 6.07) is 1.68. The maximum atomic E-state index is 11.9. The van der Waals surface area contributed by atoms with Gasteiger partial charge in [0.05, 0.1) is 18.9 Å². The van der Waals surface area contributed by atoms with Crippen LogP contribution in [-0.2, 0) is 4.79 Å². The Hall–Kier alpha value is -1.25. The van der Waals surface area contributed by atoms with E-state index in [9.17, 15) is 18.0 Å². The lowest BCUT2D eigenvalue weighted by Crippen LogP contribution is -2.38. The fourth-order valence-corrected chi connectivity index (χ4v) is 1.23. The predicted octanol–water partition coefficient (Wildman–Crippen LogP) is 2.48. The first kappa shape index (κ1) is 14.8. The summed E-state index contributed by atoms with van der Waals surface area (Å²) in [5.74, 6) is -0.553. The van der Waals surface area contributed by atoms with Crippen LogP contribution >= 0.6 is 0 Å². The predicted molar refractivity (Wildman–Crippen MR) is 52.4 cm³/mol. The van der Waals surface area contributed by atoms with Crippen molar-refractivity contribution in [2.24, 2.45) is 0 Å². The lowest BCUT2D eigenvalue weighted by Gasteiger charge is -2.26. The molecule has 0 bridgehead atoms. The number of hydrogen-bond acceptors (Lipinski definition) is 2. The van der Waals surface area contributed by atoms with Gasteiger partial charge in [-0.15, -0.1) is 0 Å². The SMILES string of the molecule is CC(C)N(CCC#N)C(=O)CCC(F)(F)F. The summed E-state index contributed by atoms with van der Waals surface area (Å²) < 4.78 is 35.7. The lowest BCUT2D eigenvalue weighted by atomic mass is 10.2. The van der Waals surface area contributed by atoms with Crippen molar-refractivity contribution < 1.29 is 18.0 Å². The molecule has 0 saturated carbocycles. The van der Waals surface area contributed by atoms with E-state index in [1.165, 1.54) is 4.90 Å². The number of carbonyl (C=O) groups excluding carboxylic acids is 1. The van der Waals surface area contributed by atoms with Gasteiger partial charge in [-0.1, -0.05) is 0 Å². The standard InChI is InChI=1S/C10H15F3N2O/c1-8(2)15(7-3-6-14)9(16)4-5-10(11,12)13/h8H,3-5,7H2,1-2H3.